The second kappa shape index (κ2) is 13.5. The van der Waals surface area contributed by atoms with E-state index in [4.69, 9.17) is 4.98 Å². The molecule has 0 amide bonds. The summed E-state index contributed by atoms with van der Waals surface area (Å²) in [5.74, 6) is 0.978. The first-order chi connectivity index (χ1) is 17.0. The lowest BCUT2D eigenvalue weighted by Gasteiger charge is -2.23. The number of nitriles is 1. The maximum absolute atomic E-state index is 12.9. The van der Waals surface area contributed by atoms with Crippen LogP contribution in [0.25, 0.3) is 0 Å². The molecule has 0 saturated heterocycles. The summed E-state index contributed by atoms with van der Waals surface area (Å²) in [6, 6.07) is 5.58. The van der Waals surface area contributed by atoms with Gasteiger partial charge in [-0.15, -0.1) is 0 Å². The van der Waals surface area contributed by atoms with Crippen LogP contribution in [-0.4, -0.2) is 64.8 Å². The molecule has 3 N–H and O–H groups in total. The van der Waals surface area contributed by atoms with Crippen molar-refractivity contribution in [3.63, 3.8) is 0 Å². The lowest BCUT2D eigenvalue weighted by Crippen LogP contribution is -2.41. The van der Waals surface area contributed by atoms with E-state index in [0.717, 1.165) is 61.4 Å². The highest BCUT2D eigenvalue weighted by molar-refractivity contribution is 5.84. The van der Waals surface area contributed by atoms with Crippen LogP contribution in [0.4, 0.5) is 16.0 Å². The number of halogens is 1. The molecule has 2 aromatic rings. The van der Waals surface area contributed by atoms with E-state index >= 15 is 0 Å². The molecule has 0 aliphatic carbocycles. The van der Waals surface area contributed by atoms with Gasteiger partial charge in [0.15, 0.2) is 18.0 Å². The normalized spacial score (nSPS) is 13.5. The van der Waals surface area contributed by atoms with E-state index in [0.29, 0.717) is 25.9 Å². The van der Waals surface area contributed by atoms with Gasteiger partial charge in [0.25, 0.3) is 0 Å². The predicted molar refractivity (Wildman–Crippen MR) is 130 cm³/mol. The smallest absolute Gasteiger partial charge is 0.351 e. The van der Waals surface area contributed by atoms with Gasteiger partial charge in [-0.3, -0.25) is 14.5 Å². The van der Waals surface area contributed by atoms with Gasteiger partial charge in [-0.2, -0.15) is 5.26 Å². The number of hydrogen-bond acceptors (Lipinski definition) is 8. The zero-order valence-corrected chi connectivity index (χ0v) is 20.3. The number of unbranched alkanes of at least 4 members (excludes halogenated alkanes) is 1. The van der Waals surface area contributed by atoms with Gasteiger partial charge in [-0.05, 0) is 68.4 Å². The molecule has 1 aliphatic rings. The molecule has 35 heavy (non-hydrogen) atoms. The van der Waals surface area contributed by atoms with Gasteiger partial charge < -0.3 is 15.4 Å². The Hall–Kier alpha value is -3.32. The van der Waals surface area contributed by atoms with Crippen LogP contribution in [0.2, 0.25) is 0 Å². The van der Waals surface area contributed by atoms with E-state index in [9.17, 15) is 19.7 Å². The van der Waals surface area contributed by atoms with Crippen molar-refractivity contribution < 1.29 is 19.1 Å². The summed E-state index contributed by atoms with van der Waals surface area (Å²) in [7, 11) is 0. The standard InChI is InChI=1S/C25H34FN7O2/c1-19(34)22(31-25-23(18-27)28-13-17-33(25)35)10-16-32(15-5-11-26)14-3-2-7-21-9-8-20-6-4-12-29-24(20)30-21/h8-9,13,17,22,35H,2-7,10-12,14-16H2,1H3,(H,29,30)/p+1/t22-/m0/s1. The number of carbonyl (C=O) groups is 1. The van der Waals surface area contributed by atoms with Crippen molar-refractivity contribution >= 4 is 17.4 Å². The van der Waals surface area contributed by atoms with Crippen LogP contribution in [0.15, 0.2) is 24.5 Å². The van der Waals surface area contributed by atoms with E-state index in [2.05, 4.69) is 32.7 Å². The lowest BCUT2D eigenvalue weighted by molar-refractivity contribution is -0.894. The summed E-state index contributed by atoms with van der Waals surface area (Å²) in [4.78, 5) is 23.1. The Morgan fingerprint density at radius 1 is 1.34 bits per heavy atom. The Kier molecular flexibility index (Phi) is 10.2. The molecule has 0 aromatic carbocycles. The molecule has 3 heterocycles. The summed E-state index contributed by atoms with van der Waals surface area (Å²) in [5.41, 5.74) is 2.36. The largest absolute Gasteiger partial charge is 0.370 e. The third-order valence-corrected chi connectivity index (χ3v) is 6.22. The molecule has 10 heteroatoms. The van der Waals surface area contributed by atoms with Gasteiger partial charge in [0.1, 0.15) is 11.9 Å². The predicted octanol–water partition coefficient (Wildman–Crippen LogP) is 2.68. The maximum atomic E-state index is 12.9. The number of ketones is 1. The number of carbonyl (C=O) groups excluding carboxylic acids is 1. The number of rotatable bonds is 14. The quantitative estimate of drug-likeness (QED) is 0.213. The second-order valence-corrected chi connectivity index (χ2v) is 8.86. The molecular formula is C25H35FN7O2+. The summed E-state index contributed by atoms with van der Waals surface area (Å²) >= 11 is 0. The third kappa shape index (κ3) is 7.86. The Morgan fingerprint density at radius 3 is 2.94 bits per heavy atom. The molecule has 0 fully saturated rings. The zero-order chi connectivity index (χ0) is 25.0. The SMILES string of the molecule is CC(=O)[C@H](CCN(CCCF)CCCCc1ccc2c(n1)NCCC2)Nc1c(C#N)ncc[n+]1O. The second-order valence-electron chi connectivity index (χ2n) is 8.86. The Balaban J connectivity index is 1.51. The van der Waals surface area contributed by atoms with Crippen LogP contribution in [0, 0.1) is 11.3 Å². The van der Waals surface area contributed by atoms with E-state index in [-0.39, 0.29) is 24.0 Å². The number of Topliss-reactive ketones (excluding diaryl/α,β-unsaturated/α-hetero) is 1. The van der Waals surface area contributed by atoms with Crippen molar-refractivity contribution in [2.24, 2.45) is 0 Å². The molecule has 1 aliphatic heterocycles. The van der Waals surface area contributed by atoms with Crippen LogP contribution in [0.5, 0.6) is 0 Å². The van der Waals surface area contributed by atoms with Gasteiger partial charge >= 0.3 is 5.82 Å². The van der Waals surface area contributed by atoms with Gasteiger partial charge in [0.05, 0.1) is 12.9 Å². The van der Waals surface area contributed by atoms with Gasteiger partial charge in [0.2, 0.25) is 5.69 Å². The van der Waals surface area contributed by atoms with Gasteiger partial charge in [-0.1, -0.05) is 6.07 Å². The van der Waals surface area contributed by atoms with E-state index in [1.54, 1.807) is 0 Å². The highest BCUT2D eigenvalue weighted by Gasteiger charge is 2.26. The number of alkyl halides is 1. The number of aromatic nitrogens is 3. The van der Waals surface area contributed by atoms with Gasteiger partial charge in [-0.25, -0.2) is 9.97 Å². The van der Waals surface area contributed by atoms with Crippen LogP contribution >= 0.6 is 0 Å². The van der Waals surface area contributed by atoms with Crippen LogP contribution in [0.3, 0.4) is 0 Å². The highest BCUT2D eigenvalue weighted by atomic mass is 19.1. The molecule has 0 radical (unpaired) electrons. The summed E-state index contributed by atoms with van der Waals surface area (Å²) in [6.45, 7) is 4.05. The molecule has 0 spiro atoms. The Bertz CT molecular complexity index is 1030. The number of pyridine rings is 1. The first kappa shape index (κ1) is 26.3. The summed E-state index contributed by atoms with van der Waals surface area (Å²) in [5, 5.41) is 25.6. The Morgan fingerprint density at radius 2 is 2.17 bits per heavy atom. The van der Waals surface area contributed by atoms with Crippen LogP contribution in [0.1, 0.15) is 56.0 Å². The van der Waals surface area contributed by atoms with Crippen molar-refractivity contribution in [3.05, 3.63) is 41.5 Å². The van der Waals surface area contributed by atoms with Crippen molar-refractivity contribution in [2.45, 2.75) is 57.9 Å². The monoisotopic (exact) mass is 484 g/mol. The minimum absolute atomic E-state index is 0.00141. The molecule has 0 unspecified atom stereocenters. The van der Waals surface area contributed by atoms with Crippen molar-refractivity contribution in [2.75, 3.05) is 43.5 Å². The zero-order valence-electron chi connectivity index (χ0n) is 20.3. The molecule has 0 saturated carbocycles. The molecule has 9 nitrogen and oxygen atoms in total. The summed E-state index contributed by atoms with van der Waals surface area (Å²) in [6.07, 6.45) is 8.51. The first-order valence-corrected chi connectivity index (χ1v) is 12.3. The minimum Gasteiger partial charge on any atom is -0.370 e. The number of anilines is 2. The Labute approximate surface area is 206 Å². The fourth-order valence-electron chi connectivity index (χ4n) is 4.25. The lowest BCUT2D eigenvalue weighted by atomic mass is 10.1. The van der Waals surface area contributed by atoms with Gasteiger partial charge in [0, 0.05) is 31.7 Å². The number of fused-ring (bicyclic) bond motifs is 1. The number of aryl methyl sites for hydroxylation is 2. The van der Waals surface area contributed by atoms with Crippen molar-refractivity contribution in [3.8, 4) is 6.07 Å². The fraction of sp³-hybridized carbons (Fsp3) is 0.560. The van der Waals surface area contributed by atoms with E-state index in [1.165, 1.54) is 24.9 Å². The minimum atomic E-state index is -0.607. The third-order valence-electron chi connectivity index (χ3n) is 6.22. The average molecular weight is 485 g/mol. The number of nitrogens with one attached hydrogen (secondary N) is 2. The van der Waals surface area contributed by atoms with Crippen molar-refractivity contribution in [1.82, 2.24) is 14.9 Å². The molecule has 1 atom stereocenters. The highest BCUT2D eigenvalue weighted by Crippen LogP contribution is 2.20. The molecule has 3 rings (SSSR count). The topological polar surface area (TPSA) is 118 Å². The van der Waals surface area contributed by atoms with Crippen LogP contribution in [-0.2, 0) is 17.6 Å². The molecular weight excluding hydrogens is 449 g/mol. The van der Waals surface area contributed by atoms with Crippen molar-refractivity contribution in [1.29, 1.82) is 5.26 Å². The molecule has 0 bridgehead atoms. The first-order valence-electron chi connectivity index (χ1n) is 12.3. The number of hydrogen-bond donors (Lipinski definition) is 3. The van der Waals surface area contributed by atoms with E-state index in [1.807, 2.05) is 6.07 Å². The number of nitrogens with zero attached hydrogens (tertiary/aromatic N) is 5. The average Bonchev–Trinajstić information content (AvgIpc) is 2.87. The van der Waals surface area contributed by atoms with Crippen LogP contribution < -0.4 is 15.4 Å². The molecule has 188 valence electrons. The maximum Gasteiger partial charge on any atom is 0.351 e. The molecule has 2 aromatic heterocycles. The summed E-state index contributed by atoms with van der Waals surface area (Å²) < 4.78 is 13.6. The van der Waals surface area contributed by atoms with E-state index < -0.39 is 6.04 Å². The fourth-order valence-corrected chi connectivity index (χ4v) is 4.25.